The Hall–Kier alpha value is -4.06. The minimum Gasteiger partial charge on any atom is -0.507 e. The zero-order valence-corrected chi connectivity index (χ0v) is 21.4. The van der Waals surface area contributed by atoms with Crippen LogP contribution in [-0.2, 0) is 16.0 Å². The Morgan fingerprint density at radius 3 is 2.59 bits per heavy atom. The summed E-state index contributed by atoms with van der Waals surface area (Å²) in [6.45, 7) is 7.25. The second kappa shape index (κ2) is 10.1. The highest BCUT2D eigenvalue weighted by Crippen LogP contribution is 2.43. The highest BCUT2D eigenvalue weighted by atomic mass is 16.5. The summed E-state index contributed by atoms with van der Waals surface area (Å²) < 4.78 is 11.4. The van der Waals surface area contributed by atoms with Crippen LogP contribution in [-0.4, -0.2) is 30.0 Å². The van der Waals surface area contributed by atoms with Gasteiger partial charge in [-0.2, -0.15) is 0 Å². The van der Waals surface area contributed by atoms with Gasteiger partial charge >= 0.3 is 0 Å². The molecule has 2 heterocycles. The third-order valence-electron chi connectivity index (χ3n) is 6.95. The van der Waals surface area contributed by atoms with Gasteiger partial charge in [0.25, 0.3) is 11.7 Å². The summed E-state index contributed by atoms with van der Waals surface area (Å²) in [5.74, 6) is 0.162. The van der Waals surface area contributed by atoms with Gasteiger partial charge in [0.2, 0.25) is 0 Å². The fourth-order valence-electron chi connectivity index (χ4n) is 5.04. The molecule has 0 radical (unpaired) electrons. The molecule has 1 amide bonds. The number of amides is 1. The number of aliphatic hydroxyl groups is 1. The molecule has 5 rings (SSSR count). The van der Waals surface area contributed by atoms with E-state index in [1.807, 2.05) is 67.6 Å². The molecule has 3 aromatic rings. The number of anilines is 1. The molecule has 2 aliphatic heterocycles. The van der Waals surface area contributed by atoms with Gasteiger partial charge in [-0.05, 0) is 84.8 Å². The Balaban J connectivity index is 1.67. The van der Waals surface area contributed by atoms with E-state index in [-0.39, 0.29) is 11.3 Å². The average molecular weight is 498 g/mol. The van der Waals surface area contributed by atoms with E-state index < -0.39 is 17.7 Å². The Kier molecular flexibility index (Phi) is 6.74. The van der Waals surface area contributed by atoms with Crippen LogP contribution in [0.2, 0.25) is 0 Å². The molecule has 37 heavy (non-hydrogen) atoms. The topological polar surface area (TPSA) is 76.1 Å². The molecular weight excluding hydrogens is 466 g/mol. The van der Waals surface area contributed by atoms with Crippen LogP contribution in [0.15, 0.2) is 72.3 Å². The summed E-state index contributed by atoms with van der Waals surface area (Å²) >= 11 is 0. The molecule has 2 aliphatic rings. The first kappa shape index (κ1) is 24.6. The summed E-state index contributed by atoms with van der Waals surface area (Å²) in [5.41, 5.74) is 3.93. The molecule has 0 aromatic heterocycles. The molecule has 1 saturated heterocycles. The molecule has 1 unspecified atom stereocenters. The van der Waals surface area contributed by atoms with Crippen LogP contribution in [0.4, 0.5) is 5.69 Å². The number of ketones is 1. The van der Waals surface area contributed by atoms with Crippen molar-refractivity contribution in [2.75, 3.05) is 18.1 Å². The van der Waals surface area contributed by atoms with Crippen LogP contribution in [0.3, 0.4) is 0 Å². The molecule has 0 saturated carbocycles. The van der Waals surface area contributed by atoms with Crippen molar-refractivity contribution >= 4 is 23.1 Å². The number of Topliss-reactive ketones (excluding diaryl/α,β-unsaturated/α-hetero) is 1. The summed E-state index contributed by atoms with van der Waals surface area (Å²) in [4.78, 5) is 28.5. The van der Waals surface area contributed by atoms with Gasteiger partial charge in [0.1, 0.15) is 17.3 Å². The fraction of sp³-hybridized carbons (Fsp3) is 0.290. The molecule has 190 valence electrons. The van der Waals surface area contributed by atoms with Gasteiger partial charge in [0.05, 0.1) is 24.8 Å². The van der Waals surface area contributed by atoms with Gasteiger partial charge in [-0.25, -0.2) is 0 Å². The number of rotatable bonds is 6. The van der Waals surface area contributed by atoms with E-state index in [0.717, 1.165) is 29.7 Å². The minimum absolute atomic E-state index is 0.0586. The predicted molar refractivity (Wildman–Crippen MR) is 143 cm³/mol. The third-order valence-corrected chi connectivity index (χ3v) is 6.95. The van der Waals surface area contributed by atoms with Crippen molar-refractivity contribution in [3.8, 4) is 11.5 Å². The first-order valence-electron chi connectivity index (χ1n) is 12.8. The van der Waals surface area contributed by atoms with Gasteiger partial charge in [-0.15, -0.1) is 0 Å². The Morgan fingerprint density at radius 1 is 1.08 bits per heavy atom. The lowest BCUT2D eigenvalue weighted by Gasteiger charge is -2.26. The Labute approximate surface area is 217 Å². The summed E-state index contributed by atoms with van der Waals surface area (Å²) in [7, 11) is 0. The van der Waals surface area contributed by atoms with E-state index in [1.165, 1.54) is 4.90 Å². The summed E-state index contributed by atoms with van der Waals surface area (Å²) in [5, 5.41) is 11.5. The normalized spacial score (nSPS) is 18.6. The Morgan fingerprint density at radius 2 is 1.86 bits per heavy atom. The lowest BCUT2D eigenvalue weighted by molar-refractivity contribution is -0.132. The smallest absolute Gasteiger partial charge is 0.300 e. The van der Waals surface area contributed by atoms with E-state index in [0.29, 0.717) is 41.7 Å². The fourth-order valence-corrected chi connectivity index (χ4v) is 5.04. The van der Waals surface area contributed by atoms with Gasteiger partial charge < -0.3 is 14.6 Å². The predicted octanol–water partition coefficient (Wildman–Crippen LogP) is 6.16. The molecule has 0 aliphatic carbocycles. The highest BCUT2D eigenvalue weighted by Gasteiger charge is 2.47. The van der Waals surface area contributed by atoms with Crippen LogP contribution in [0.5, 0.6) is 11.5 Å². The summed E-state index contributed by atoms with van der Waals surface area (Å²) in [6.07, 6.45) is 1.71. The zero-order valence-electron chi connectivity index (χ0n) is 21.4. The molecule has 0 bridgehead atoms. The number of fused-ring (bicyclic) bond motifs is 1. The quantitative estimate of drug-likeness (QED) is 0.251. The van der Waals surface area contributed by atoms with Crippen molar-refractivity contribution in [1.29, 1.82) is 0 Å². The van der Waals surface area contributed by atoms with Crippen LogP contribution >= 0.6 is 0 Å². The first-order chi connectivity index (χ1) is 17.9. The van der Waals surface area contributed by atoms with Crippen LogP contribution in [0.1, 0.15) is 61.4 Å². The van der Waals surface area contributed by atoms with Gasteiger partial charge in [-0.1, -0.05) is 38.1 Å². The minimum atomic E-state index is -0.808. The number of carbonyl (C=O) groups excluding carboxylic acids is 2. The number of aliphatic hydroxyl groups excluding tert-OH is 1. The second-order valence-electron chi connectivity index (χ2n) is 9.70. The summed E-state index contributed by atoms with van der Waals surface area (Å²) in [6, 6.07) is 19.6. The number of hydrogen-bond donors (Lipinski definition) is 1. The lowest BCUT2D eigenvalue weighted by Crippen LogP contribution is -2.29. The van der Waals surface area contributed by atoms with Crippen molar-refractivity contribution in [3.63, 3.8) is 0 Å². The molecule has 1 N–H and O–H groups in total. The number of hydrogen-bond acceptors (Lipinski definition) is 5. The van der Waals surface area contributed by atoms with Crippen molar-refractivity contribution in [2.24, 2.45) is 0 Å². The monoisotopic (exact) mass is 497 g/mol. The van der Waals surface area contributed by atoms with E-state index in [1.54, 1.807) is 6.07 Å². The second-order valence-corrected chi connectivity index (χ2v) is 9.70. The highest BCUT2D eigenvalue weighted by molar-refractivity contribution is 6.51. The van der Waals surface area contributed by atoms with Crippen molar-refractivity contribution < 1.29 is 24.2 Å². The standard InChI is InChI=1S/C31H31NO5/c1-4-36-25-9-5-7-22(18-25)28-27(29(33)23-12-15-26-21(17-23)8-6-16-37-26)30(34)31(35)32(28)24-13-10-20(11-14-24)19(2)3/h5,7,9-15,17-19,28,33H,4,6,8,16H2,1-3H3/b29-27-. The molecule has 6 nitrogen and oxygen atoms in total. The van der Waals surface area contributed by atoms with E-state index >= 15 is 0 Å². The van der Waals surface area contributed by atoms with Crippen LogP contribution in [0, 0.1) is 0 Å². The maximum Gasteiger partial charge on any atom is 0.300 e. The SMILES string of the molecule is CCOc1cccc(C2/C(=C(/O)c3ccc4c(c3)CCCO4)C(=O)C(=O)N2c2ccc(C(C)C)cc2)c1. The van der Waals surface area contributed by atoms with E-state index in [2.05, 4.69) is 13.8 Å². The average Bonchev–Trinajstić information content (AvgIpc) is 3.18. The molecule has 6 heteroatoms. The van der Waals surface area contributed by atoms with E-state index in [9.17, 15) is 14.7 Å². The largest absolute Gasteiger partial charge is 0.507 e. The van der Waals surface area contributed by atoms with E-state index in [4.69, 9.17) is 9.47 Å². The maximum absolute atomic E-state index is 13.5. The van der Waals surface area contributed by atoms with Crippen LogP contribution < -0.4 is 14.4 Å². The van der Waals surface area contributed by atoms with Gasteiger partial charge in [0.15, 0.2) is 0 Å². The number of nitrogens with zero attached hydrogens (tertiary/aromatic N) is 1. The molecule has 3 aromatic carbocycles. The molecular formula is C31H31NO5. The third kappa shape index (κ3) is 4.59. The van der Waals surface area contributed by atoms with Gasteiger partial charge in [0, 0.05) is 11.3 Å². The molecule has 1 atom stereocenters. The number of aryl methyl sites for hydroxylation is 1. The van der Waals surface area contributed by atoms with Crippen molar-refractivity contribution in [1.82, 2.24) is 0 Å². The van der Waals surface area contributed by atoms with Gasteiger partial charge in [-0.3, -0.25) is 14.5 Å². The lowest BCUT2D eigenvalue weighted by atomic mass is 9.93. The van der Waals surface area contributed by atoms with Crippen molar-refractivity contribution in [2.45, 2.75) is 45.6 Å². The number of benzene rings is 3. The Bertz CT molecular complexity index is 1370. The maximum atomic E-state index is 13.5. The first-order valence-corrected chi connectivity index (χ1v) is 12.8. The molecule has 1 fully saturated rings. The number of ether oxygens (including phenoxy) is 2. The molecule has 0 spiro atoms. The zero-order chi connectivity index (χ0) is 26.1. The van der Waals surface area contributed by atoms with Crippen LogP contribution in [0.25, 0.3) is 5.76 Å². The number of carbonyl (C=O) groups is 2. The van der Waals surface area contributed by atoms with Crippen molar-refractivity contribution in [3.05, 3.63) is 94.6 Å².